The molecule has 32 heavy (non-hydrogen) atoms. The van der Waals surface area contributed by atoms with Crippen molar-refractivity contribution in [2.45, 2.75) is 57.0 Å². The SMILES string of the molecule is NCCCc1ccc(CN2CCC(c3ccc(NC4CCC(=O)NC4=O)cc3)CC2)cc1. The van der Waals surface area contributed by atoms with Crippen LogP contribution >= 0.6 is 0 Å². The fraction of sp³-hybridized carbons (Fsp3) is 0.462. The molecule has 6 heteroatoms. The van der Waals surface area contributed by atoms with Gasteiger partial charge < -0.3 is 11.1 Å². The van der Waals surface area contributed by atoms with Crippen molar-refractivity contribution in [1.82, 2.24) is 10.2 Å². The molecule has 4 N–H and O–H groups in total. The van der Waals surface area contributed by atoms with E-state index in [2.05, 4.69) is 64.1 Å². The van der Waals surface area contributed by atoms with Crippen molar-refractivity contribution in [3.63, 3.8) is 0 Å². The molecular formula is C26H34N4O2. The van der Waals surface area contributed by atoms with E-state index in [-0.39, 0.29) is 17.9 Å². The van der Waals surface area contributed by atoms with Crippen LogP contribution < -0.4 is 16.4 Å². The first-order chi connectivity index (χ1) is 15.6. The molecule has 0 radical (unpaired) electrons. The van der Waals surface area contributed by atoms with Crippen LogP contribution in [-0.2, 0) is 22.6 Å². The highest BCUT2D eigenvalue weighted by molar-refractivity contribution is 6.01. The minimum Gasteiger partial charge on any atom is -0.374 e. The average Bonchev–Trinajstić information content (AvgIpc) is 2.81. The first-order valence-corrected chi connectivity index (χ1v) is 11.8. The number of anilines is 1. The Morgan fingerprint density at radius 1 is 0.938 bits per heavy atom. The topological polar surface area (TPSA) is 87.5 Å². The number of likely N-dealkylation sites (tertiary alicyclic amines) is 1. The second-order valence-electron chi connectivity index (χ2n) is 9.03. The van der Waals surface area contributed by atoms with E-state index < -0.39 is 0 Å². The summed E-state index contributed by atoms with van der Waals surface area (Å²) in [5.74, 6) is 0.159. The van der Waals surface area contributed by atoms with Crippen LogP contribution in [0.5, 0.6) is 0 Å². The number of benzene rings is 2. The van der Waals surface area contributed by atoms with Crippen molar-refractivity contribution in [3.8, 4) is 0 Å². The summed E-state index contributed by atoms with van der Waals surface area (Å²) in [5, 5.41) is 5.65. The lowest BCUT2D eigenvalue weighted by Crippen LogP contribution is -2.47. The Morgan fingerprint density at radius 3 is 2.28 bits per heavy atom. The zero-order valence-corrected chi connectivity index (χ0v) is 18.7. The highest BCUT2D eigenvalue weighted by Crippen LogP contribution is 2.29. The molecule has 170 valence electrons. The zero-order chi connectivity index (χ0) is 22.3. The van der Waals surface area contributed by atoms with Crippen LogP contribution in [-0.4, -0.2) is 42.4 Å². The van der Waals surface area contributed by atoms with E-state index in [9.17, 15) is 9.59 Å². The van der Waals surface area contributed by atoms with Crippen LogP contribution in [0.4, 0.5) is 5.69 Å². The maximum absolute atomic E-state index is 11.9. The number of carbonyl (C=O) groups is 2. The molecule has 1 unspecified atom stereocenters. The van der Waals surface area contributed by atoms with Crippen molar-refractivity contribution in [3.05, 3.63) is 65.2 Å². The van der Waals surface area contributed by atoms with Crippen molar-refractivity contribution < 1.29 is 9.59 Å². The monoisotopic (exact) mass is 434 g/mol. The fourth-order valence-corrected chi connectivity index (χ4v) is 4.68. The standard InChI is InChI=1S/C26H34N4O2/c27-15-1-2-19-3-5-20(6-4-19)18-30-16-13-22(14-17-30)21-7-9-23(10-8-21)28-24-11-12-25(31)29-26(24)32/h3-10,22,24,28H,1-2,11-18,27H2,(H,29,31,32). The molecule has 0 aliphatic carbocycles. The van der Waals surface area contributed by atoms with E-state index in [0.717, 1.165) is 57.5 Å². The molecule has 4 rings (SSSR count). The number of hydrogen-bond acceptors (Lipinski definition) is 5. The van der Waals surface area contributed by atoms with E-state index in [1.54, 1.807) is 0 Å². The molecule has 2 aliphatic heterocycles. The number of nitrogens with zero attached hydrogens (tertiary/aromatic N) is 1. The molecule has 2 aromatic rings. The maximum Gasteiger partial charge on any atom is 0.249 e. The van der Waals surface area contributed by atoms with E-state index in [4.69, 9.17) is 5.73 Å². The predicted octanol–water partition coefficient (Wildman–Crippen LogP) is 3.17. The predicted molar refractivity (Wildman–Crippen MR) is 127 cm³/mol. The Kier molecular flexibility index (Phi) is 7.55. The van der Waals surface area contributed by atoms with Gasteiger partial charge in [-0.25, -0.2) is 0 Å². The molecule has 2 aliphatic rings. The second-order valence-corrected chi connectivity index (χ2v) is 9.03. The van der Waals surface area contributed by atoms with Crippen LogP contribution in [0.1, 0.15) is 54.7 Å². The molecule has 2 amide bonds. The van der Waals surface area contributed by atoms with Gasteiger partial charge >= 0.3 is 0 Å². The molecule has 0 aromatic heterocycles. The first kappa shape index (κ1) is 22.5. The minimum absolute atomic E-state index is 0.186. The smallest absolute Gasteiger partial charge is 0.249 e. The zero-order valence-electron chi connectivity index (χ0n) is 18.7. The largest absolute Gasteiger partial charge is 0.374 e. The van der Waals surface area contributed by atoms with Crippen LogP contribution in [0.2, 0.25) is 0 Å². The van der Waals surface area contributed by atoms with Gasteiger partial charge in [-0.15, -0.1) is 0 Å². The van der Waals surface area contributed by atoms with E-state index in [1.165, 1.54) is 16.7 Å². The highest BCUT2D eigenvalue weighted by Gasteiger charge is 2.26. The van der Waals surface area contributed by atoms with E-state index in [0.29, 0.717) is 18.8 Å². The molecule has 2 heterocycles. The van der Waals surface area contributed by atoms with Crippen LogP contribution in [0, 0.1) is 0 Å². The average molecular weight is 435 g/mol. The third-order valence-electron chi connectivity index (χ3n) is 6.65. The van der Waals surface area contributed by atoms with Crippen LogP contribution in [0.3, 0.4) is 0 Å². The maximum atomic E-state index is 11.9. The number of nitrogens with two attached hydrogens (primary N) is 1. The van der Waals surface area contributed by atoms with Gasteiger partial charge in [0.15, 0.2) is 0 Å². The fourth-order valence-electron chi connectivity index (χ4n) is 4.68. The highest BCUT2D eigenvalue weighted by atomic mass is 16.2. The summed E-state index contributed by atoms with van der Waals surface area (Å²) in [7, 11) is 0. The number of nitrogens with one attached hydrogen (secondary N) is 2. The molecule has 0 spiro atoms. The minimum atomic E-state index is -0.337. The van der Waals surface area contributed by atoms with Gasteiger partial charge in [0.2, 0.25) is 11.8 Å². The van der Waals surface area contributed by atoms with Gasteiger partial charge in [-0.1, -0.05) is 36.4 Å². The van der Waals surface area contributed by atoms with Gasteiger partial charge in [0.25, 0.3) is 0 Å². The molecule has 2 saturated heterocycles. The lowest BCUT2D eigenvalue weighted by molar-refractivity contribution is -0.133. The molecule has 6 nitrogen and oxygen atoms in total. The number of rotatable bonds is 8. The Labute approximate surface area is 190 Å². The Hall–Kier alpha value is -2.70. The normalized spacial score (nSPS) is 20.2. The third-order valence-corrected chi connectivity index (χ3v) is 6.65. The Balaban J connectivity index is 1.24. The Morgan fingerprint density at radius 2 is 1.62 bits per heavy atom. The van der Waals surface area contributed by atoms with Crippen molar-refractivity contribution >= 4 is 17.5 Å². The van der Waals surface area contributed by atoms with Crippen molar-refractivity contribution in [2.75, 3.05) is 25.0 Å². The summed E-state index contributed by atoms with van der Waals surface area (Å²) in [4.78, 5) is 25.8. The molecule has 2 aromatic carbocycles. The molecule has 0 saturated carbocycles. The molecule has 0 bridgehead atoms. The molecular weight excluding hydrogens is 400 g/mol. The molecule has 2 fully saturated rings. The third kappa shape index (κ3) is 5.96. The van der Waals surface area contributed by atoms with Crippen LogP contribution in [0.25, 0.3) is 0 Å². The van der Waals surface area contributed by atoms with Gasteiger partial charge in [-0.3, -0.25) is 19.8 Å². The Bertz CT molecular complexity index is 902. The summed E-state index contributed by atoms with van der Waals surface area (Å²) in [5.41, 5.74) is 10.6. The molecule has 1 atom stereocenters. The quantitative estimate of drug-likeness (QED) is 0.556. The van der Waals surface area contributed by atoms with Gasteiger partial charge in [-0.2, -0.15) is 0 Å². The number of piperidine rings is 2. The number of imide groups is 1. The summed E-state index contributed by atoms with van der Waals surface area (Å²) >= 11 is 0. The number of aryl methyl sites for hydroxylation is 1. The number of hydrogen-bond donors (Lipinski definition) is 3. The lowest BCUT2D eigenvalue weighted by Gasteiger charge is -2.32. The van der Waals surface area contributed by atoms with E-state index in [1.807, 2.05) is 0 Å². The first-order valence-electron chi connectivity index (χ1n) is 11.8. The summed E-state index contributed by atoms with van der Waals surface area (Å²) in [6.45, 7) is 3.97. The van der Waals surface area contributed by atoms with Gasteiger partial charge in [-0.05, 0) is 86.5 Å². The van der Waals surface area contributed by atoms with E-state index >= 15 is 0 Å². The number of amides is 2. The summed E-state index contributed by atoms with van der Waals surface area (Å²) < 4.78 is 0. The van der Waals surface area contributed by atoms with Crippen molar-refractivity contribution in [2.24, 2.45) is 5.73 Å². The van der Waals surface area contributed by atoms with Crippen molar-refractivity contribution in [1.29, 1.82) is 0 Å². The van der Waals surface area contributed by atoms with Gasteiger partial charge in [0.05, 0.1) is 0 Å². The summed E-state index contributed by atoms with van der Waals surface area (Å²) in [6.07, 6.45) is 5.35. The summed E-state index contributed by atoms with van der Waals surface area (Å²) in [6, 6.07) is 17.1. The van der Waals surface area contributed by atoms with Crippen LogP contribution in [0.15, 0.2) is 48.5 Å². The number of carbonyl (C=O) groups excluding carboxylic acids is 2. The lowest BCUT2D eigenvalue weighted by atomic mass is 9.89. The second kappa shape index (κ2) is 10.7. The van der Waals surface area contributed by atoms with Gasteiger partial charge in [0.1, 0.15) is 6.04 Å². The van der Waals surface area contributed by atoms with Gasteiger partial charge in [0, 0.05) is 18.7 Å².